The molecule has 2 aromatic rings. The third-order valence-corrected chi connectivity index (χ3v) is 4.56. The maximum absolute atomic E-state index is 12.6. The van der Waals surface area contributed by atoms with Gasteiger partial charge in [-0.3, -0.25) is 4.79 Å². The zero-order chi connectivity index (χ0) is 16.4. The fraction of sp³-hybridized carbons (Fsp3) is 0.316. The van der Waals surface area contributed by atoms with E-state index in [9.17, 15) is 9.90 Å². The van der Waals surface area contributed by atoms with Crippen LogP contribution in [0.15, 0.2) is 42.5 Å². The lowest BCUT2D eigenvalue weighted by Gasteiger charge is -2.30. The van der Waals surface area contributed by atoms with Gasteiger partial charge >= 0.3 is 0 Å². The van der Waals surface area contributed by atoms with Gasteiger partial charge in [0.1, 0.15) is 5.75 Å². The van der Waals surface area contributed by atoms with Crippen LogP contribution in [0, 0.1) is 0 Å². The Balaban J connectivity index is 1.85. The molecule has 1 aliphatic carbocycles. The lowest BCUT2D eigenvalue weighted by Crippen LogP contribution is -2.33. The van der Waals surface area contributed by atoms with Gasteiger partial charge in [0, 0.05) is 6.04 Å². The van der Waals surface area contributed by atoms with Crippen LogP contribution < -0.4 is 11.1 Å². The van der Waals surface area contributed by atoms with E-state index in [4.69, 9.17) is 5.73 Å². The largest absolute Gasteiger partial charge is 0.507 e. The van der Waals surface area contributed by atoms with Crippen LogP contribution in [0.1, 0.15) is 58.9 Å². The van der Waals surface area contributed by atoms with Crippen molar-refractivity contribution in [3.05, 3.63) is 64.7 Å². The van der Waals surface area contributed by atoms with Crippen molar-refractivity contribution in [1.82, 2.24) is 5.32 Å². The molecule has 120 valence electrons. The van der Waals surface area contributed by atoms with E-state index in [0.717, 1.165) is 36.0 Å². The van der Waals surface area contributed by atoms with Crippen molar-refractivity contribution in [2.24, 2.45) is 5.73 Å². The molecule has 4 N–H and O–H groups in total. The quantitative estimate of drug-likeness (QED) is 0.815. The third kappa shape index (κ3) is 3.08. The first-order chi connectivity index (χ1) is 11.1. The first kappa shape index (κ1) is 15.6. The molecular weight excluding hydrogens is 288 g/mol. The molecular formula is C19H22N2O2. The second kappa shape index (κ2) is 6.42. The average Bonchev–Trinajstić information content (AvgIpc) is 2.58. The van der Waals surface area contributed by atoms with Crippen molar-refractivity contribution in [3.63, 3.8) is 0 Å². The highest BCUT2D eigenvalue weighted by molar-refractivity contribution is 5.97. The number of hydrogen-bond donors (Lipinski definition) is 3. The number of nitrogens with two attached hydrogens (primary N) is 1. The van der Waals surface area contributed by atoms with E-state index in [0.29, 0.717) is 5.56 Å². The molecule has 0 aromatic heterocycles. The van der Waals surface area contributed by atoms with Gasteiger partial charge < -0.3 is 16.2 Å². The van der Waals surface area contributed by atoms with Crippen LogP contribution in [0.25, 0.3) is 0 Å². The molecule has 3 rings (SSSR count). The molecule has 4 heteroatoms. The molecule has 1 aliphatic rings. The summed E-state index contributed by atoms with van der Waals surface area (Å²) in [6, 6.07) is 13.1. The number of carbonyl (C=O) groups excluding carboxylic acids is 1. The number of carbonyl (C=O) groups is 1. The smallest absolute Gasteiger partial charge is 0.255 e. The Labute approximate surface area is 136 Å². The Hall–Kier alpha value is -2.33. The summed E-state index contributed by atoms with van der Waals surface area (Å²) in [4.78, 5) is 12.6. The van der Waals surface area contributed by atoms with E-state index in [1.165, 1.54) is 0 Å². The molecule has 0 fully saturated rings. The summed E-state index contributed by atoms with van der Waals surface area (Å²) in [5.74, 6) is -0.228. The highest BCUT2D eigenvalue weighted by Gasteiger charge is 2.26. The predicted octanol–water partition coefficient (Wildman–Crippen LogP) is 3.22. The van der Waals surface area contributed by atoms with Gasteiger partial charge in [0.15, 0.2) is 0 Å². The van der Waals surface area contributed by atoms with Crippen molar-refractivity contribution >= 4 is 5.91 Å². The lowest BCUT2D eigenvalue weighted by atomic mass is 9.84. The molecule has 0 saturated carbocycles. The van der Waals surface area contributed by atoms with E-state index >= 15 is 0 Å². The van der Waals surface area contributed by atoms with Crippen molar-refractivity contribution in [1.29, 1.82) is 0 Å². The van der Waals surface area contributed by atoms with Gasteiger partial charge in [-0.05, 0) is 48.1 Å². The summed E-state index contributed by atoms with van der Waals surface area (Å²) in [7, 11) is 0. The lowest BCUT2D eigenvalue weighted by molar-refractivity contribution is 0.0929. The molecule has 0 spiro atoms. The number of phenolic OH excluding ortho intramolecular Hbond substituents is 1. The number of phenols is 1. The third-order valence-electron chi connectivity index (χ3n) is 4.56. The number of amides is 1. The standard InChI is InChI=1S/C19H22N2O2/c1-2-12-7-10-18(22)15(11-12)19(23)21-17-9-8-16(20)13-5-3-4-6-14(13)17/h3-7,10-11,16-17,22H,2,8-9,20H2,1H3,(H,21,23). The number of aryl methyl sites for hydroxylation is 1. The molecule has 2 atom stereocenters. The van der Waals surface area contributed by atoms with Gasteiger partial charge in [0.05, 0.1) is 11.6 Å². The minimum absolute atomic E-state index is 0.0143. The van der Waals surface area contributed by atoms with Crippen molar-refractivity contribution in [2.75, 3.05) is 0 Å². The molecule has 0 saturated heterocycles. The summed E-state index contributed by atoms with van der Waals surface area (Å²) in [5, 5.41) is 13.0. The topological polar surface area (TPSA) is 75.3 Å². The maximum Gasteiger partial charge on any atom is 0.255 e. The second-order valence-electron chi connectivity index (χ2n) is 6.04. The Kier molecular flexibility index (Phi) is 4.35. The SMILES string of the molecule is CCc1ccc(O)c(C(=O)NC2CCC(N)c3ccccc32)c1. The van der Waals surface area contributed by atoms with Crippen LogP contribution in [-0.2, 0) is 6.42 Å². The van der Waals surface area contributed by atoms with E-state index in [-0.39, 0.29) is 23.7 Å². The van der Waals surface area contributed by atoms with E-state index in [2.05, 4.69) is 5.32 Å². The minimum atomic E-state index is -0.243. The van der Waals surface area contributed by atoms with E-state index < -0.39 is 0 Å². The summed E-state index contributed by atoms with van der Waals surface area (Å²) in [6.45, 7) is 2.02. The number of nitrogens with one attached hydrogen (secondary N) is 1. The maximum atomic E-state index is 12.6. The van der Waals surface area contributed by atoms with Crippen LogP contribution in [0.3, 0.4) is 0 Å². The van der Waals surface area contributed by atoms with E-state index in [1.54, 1.807) is 12.1 Å². The van der Waals surface area contributed by atoms with Crippen molar-refractivity contribution in [2.45, 2.75) is 38.3 Å². The van der Waals surface area contributed by atoms with Crippen molar-refractivity contribution < 1.29 is 9.90 Å². The molecule has 0 bridgehead atoms. The molecule has 2 aromatic carbocycles. The van der Waals surface area contributed by atoms with Crippen LogP contribution in [0.5, 0.6) is 5.75 Å². The Morgan fingerprint density at radius 1 is 1.22 bits per heavy atom. The Bertz CT molecular complexity index is 727. The summed E-state index contributed by atoms with van der Waals surface area (Å²) in [5.41, 5.74) is 9.68. The van der Waals surface area contributed by atoms with Crippen LogP contribution in [0.4, 0.5) is 0 Å². The predicted molar refractivity (Wildman–Crippen MR) is 90.3 cm³/mol. The van der Waals surface area contributed by atoms with Gasteiger partial charge in [-0.1, -0.05) is 37.3 Å². The fourth-order valence-electron chi connectivity index (χ4n) is 3.19. The first-order valence-corrected chi connectivity index (χ1v) is 8.07. The van der Waals surface area contributed by atoms with Crippen molar-refractivity contribution in [3.8, 4) is 5.75 Å². The Morgan fingerprint density at radius 3 is 2.70 bits per heavy atom. The highest BCUT2D eigenvalue weighted by Crippen LogP contribution is 2.35. The van der Waals surface area contributed by atoms with Gasteiger partial charge in [0.25, 0.3) is 5.91 Å². The molecule has 0 radical (unpaired) electrons. The summed E-state index contributed by atoms with van der Waals surface area (Å²) < 4.78 is 0. The van der Waals surface area contributed by atoms with Crippen LogP contribution in [-0.4, -0.2) is 11.0 Å². The van der Waals surface area contributed by atoms with Gasteiger partial charge in [0.2, 0.25) is 0 Å². The zero-order valence-electron chi connectivity index (χ0n) is 13.3. The normalized spacial score (nSPS) is 19.9. The van der Waals surface area contributed by atoms with Crippen LogP contribution in [0.2, 0.25) is 0 Å². The molecule has 0 aliphatic heterocycles. The molecule has 0 heterocycles. The average molecular weight is 310 g/mol. The van der Waals surface area contributed by atoms with Crippen LogP contribution >= 0.6 is 0 Å². The number of hydrogen-bond acceptors (Lipinski definition) is 3. The number of fused-ring (bicyclic) bond motifs is 1. The number of benzene rings is 2. The first-order valence-electron chi connectivity index (χ1n) is 8.07. The second-order valence-corrected chi connectivity index (χ2v) is 6.04. The fourth-order valence-corrected chi connectivity index (χ4v) is 3.19. The molecule has 23 heavy (non-hydrogen) atoms. The highest BCUT2D eigenvalue weighted by atomic mass is 16.3. The zero-order valence-corrected chi connectivity index (χ0v) is 13.3. The van der Waals surface area contributed by atoms with Gasteiger partial charge in [-0.25, -0.2) is 0 Å². The molecule has 1 amide bonds. The molecule has 2 unspecified atom stereocenters. The summed E-state index contributed by atoms with van der Waals surface area (Å²) >= 11 is 0. The number of aromatic hydroxyl groups is 1. The minimum Gasteiger partial charge on any atom is -0.507 e. The van der Waals surface area contributed by atoms with E-state index in [1.807, 2.05) is 37.3 Å². The molecule has 4 nitrogen and oxygen atoms in total. The number of rotatable bonds is 3. The van der Waals surface area contributed by atoms with Gasteiger partial charge in [-0.15, -0.1) is 0 Å². The Morgan fingerprint density at radius 2 is 1.96 bits per heavy atom. The van der Waals surface area contributed by atoms with Gasteiger partial charge in [-0.2, -0.15) is 0 Å². The monoisotopic (exact) mass is 310 g/mol. The summed E-state index contributed by atoms with van der Waals surface area (Å²) in [6.07, 6.45) is 2.46.